The van der Waals surface area contributed by atoms with Crippen molar-refractivity contribution in [2.75, 3.05) is 12.0 Å². The fraction of sp³-hybridized carbons (Fsp3) is 0.286. The van der Waals surface area contributed by atoms with E-state index < -0.39 is 0 Å². The number of hydrogen-bond donors (Lipinski definition) is 1. The van der Waals surface area contributed by atoms with Crippen LogP contribution in [0.1, 0.15) is 23.1 Å². The molecule has 100 valence electrons. The largest absolute Gasteiger partial charge is 0.493 e. The van der Waals surface area contributed by atoms with Gasteiger partial charge < -0.3 is 4.74 Å². The van der Waals surface area contributed by atoms with Crippen molar-refractivity contribution in [3.8, 4) is 5.75 Å². The van der Waals surface area contributed by atoms with Gasteiger partial charge in [0.25, 0.3) is 0 Å². The molecule has 0 aliphatic carbocycles. The van der Waals surface area contributed by atoms with Gasteiger partial charge in [-0.15, -0.1) is 11.3 Å². The first kappa shape index (κ1) is 13.5. The van der Waals surface area contributed by atoms with E-state index in [4.69, 9.17) is 4.74 Å². The average Bonchev–Trinajstić information content (AvgIpc) is 2.71. The van der Waals surface area contributed by atoms with Gasteiger partial charge >= 0.3 is 0 Å². The number of para-hydroxylation sites is 1. The lowest BCUT2D eigenvalue weighted by atomic mass is 10.2. The zero-order valence-electron chi connectivity index (χ0n) is 11.3. The number of hydrazone groups is 1. The van der Waals surface area contributed by atoms with Crippen molar-refractivity contribution in [1.29, 1.82) is 0 Å². The number of benzene rings is 1. The molecule has 5 heteroatoms. The molecule has 2 aromatic rings. The Morgan fingerprint density at radius 1 is 1.37 bits per heavy atom. The zero-order chi connectivity index (χ0) is 13.7. The summed E-state index contributed by atoms with van der Waals surface area (Å²) < 4.78 is 5.53. The number of aryl methyl sites for hydroxylation is 2. The number of nitrogens with zero attached hydrogens (tertiary/aromatic N) is 2. The third kappa shape index (κ3) is 3.54. The Morgan fingerprint density at radius 2 is 2.16 bits per heavy atom. The first-order chi connectivity index (χ1) is 9.20. The van der Waals surface area contributed by atoms with Crippen LogP contribution < -0.4 is 10.2 Å². The van der Waals surface area contributed by atoms with E-state index in [0.29, 0.717) is 6.61 Å². The van der Waals surface area contributed by atoms with Crippen LogP contribution in [0.5, 0.6) is 5.75 Å². The molecular weight excluding hydrogens is 258 g/mol. The summed E-state index contributed by atoms with van der Waals surface area (Å²) in [5.41, 5.74) is 4.93. The molecule has 0 spiro atoms. The molecule has 0 atom stereocenters. The van der Waals surface area contributed by atoms with Gasteiger partial charge in [0.2, 0.25) is 5.13 Å². The van der Waals surface area contributed by atoms with Crippen LogP contribution in [0, 0.1) is 13.8 Å². The summed E-state index contributed by atoms with van der Waals surface area (Å²) in [6.45, 7) is 6.65. The minimum Gasteiger partial charge on any atom is -0.493 e. The van der Waals surface area contributed by atoms with Crippen LogP contribution in [0.25, 0.3) is 0 Å². The highest BCUT2D eigenvalue weighted by atomic mass is 32.1. The predicted molar refractivity (Wildman–Crippen MR) is 80.4 cm³/mol. The predicted octanol–water partition coefficient (Wildman–Crippen LogP) is 3.60. The fourth-order valence-corrected chi connectivity index (χ4v) is 2.32. The molecule has 1 heterocycles. The molecule has 0 radical (unpaired) electrons. The van der Waals surface area contributed by atoms with E-state index in [-0.39, 0.29) is 0 Å². The van der Waals surface area contributed by atoms with E-state index in [0.717, 1.165) is 22.1 Å². The van der Waals surface area contributed by atoms with Crippen LogP contribution in [-0.4, -0.2) is 17.8 Å². The van der Waals surface area contributed by atoms with Crippen molar-refractivity contribution in [3.63, 3.8) is 0 Å². The molecule has 0 unspecified atom stereocenters. The maximum absolute atomic E-state index is 5.53. The third-order valence-corrected chi connectivity index (χ3v) is 3.59. The maximum atomic E-state index is 5.53. The van der Waals surface area contributed by atoms with E-state index in [1.807, 2.05) is 45.0 Å². The number of anilines is 1. The molecule has 1 aromatic heterocycles. The van der Waals surface area contributed by atoms with E-state index >= 15 is 0 Å². The highest BCUT2D eigenvalue weighted by Gasteiger charge is 2.02. The Labute approximate surface area is 117 Å². The van der Waals surface area contributed by atoms with Crippen molar-refractivity contribution >= 4 is 22.7 Å². The molecule has 0 amide bonds. The molecular formula is C14H17N3OS. The Morgan fingerprint density at radius 3 is 2.84 bits per heavy atom. The number of aromatic nitrogens is 1. The lowest BCUT2D eigenvalue weighted by Crippen LogP contribution is -1.97. The van der Waals surface area contributed by atoms with Crippen LogP contribution in [0.3, 0.4) is 0 Å². The standard InChI is InChI=1S/C14H17N3OS/c1-4-18-13-8-6-5-7-12(13)9-15-17-14-16-10(2)11(3)19-14/h5-9H,4H2,1-3H3,(H,16,17)/b15-9-. The van der Waals surface area contributed by atoms with Gasteiger partial charge in [0.05, 0.1) is 18.5 Å². The van der Waals surface area contributed by atoms with Crippen molar-refractivity contribution in [2.45, 2.75) is 20.8 Å². The summed E-state index contributed by atoms with van der Waals surface area (Å²) in [6.07, 6.45) is 1.75. The molecule has 0 bridgehead atoms. The van der Waals surface area contributed by atoms with Crippen molar-refractivity contribution < 1.29 is 4.74 Å². The second-order valence-electron chi connectivity index (χ2n) is 4.00. The Kier molecular flexibility index (Phi) is 4.52. The van der Waals surface area contributed by atoms with Crippen LogP contribution in [-0.2, 0) is 0 Å². The second-order valence-corrected chi connectivity index (χ2v) is 5.20. The normalized spacial score (nSPS) is 10.9. The average molecular weight is 275 g/mol. The van der Waals surface area contributed by atoms with Gasteiger partial charge in [0.1, 0.15) is 5.75 Å². The topological polar surface area (TPSA) is 46.5 Å². The minimum absolute atomic E-state index is 0.642. The van der Waals surface area contributed by atoms with Crippen LogP contribution in [0.2, 0.25) is 0 Å². The molecule has 19 heavy (non-hydrogen) atoms. The molecule has 0 saturated heterocycles. The third-order valence-electron chi connectivity index (χ3n) is 2.61. The Hall–Kier alpha value is -1.88. The summed E-state index contributed by atoms with van der Waals surface area (Å²) in [6, 6.07) is 7.81. The Balaban J connectivity index is 2.06. The van der Waals surface area contributed by atoms with Crippen molar-refractivity contribution in [1.82, 2.24) is 4.98 Å². The monoisotopic (exact) mass is 275 g/mol. The van der Waals surface area contributed by atoms with Gasteiger partial charge in [-0.2, -0.15) is 5.10 Å². The van der Waals surface area contributed by atoms with Crippen LogP contribution in [0.4, 0.5) is 5.13 Å². The van der Waals surface area contributed by atoms with Gasteiger partial charge in [-0.1, -0.05) is 12.1 Å². The second kappa shape index (κ2) is 6.33. The first-order valence-corrected chi connectivity index (χ1v) is 6.97. The van der Waals surface area contributed by atoms with Crippen molar-refractivity contribution in [2.24, 2.45) is 5.10 Å². The fourth-order valence-electron chi connectivity index (χ4n) is 1.55. The van der Waals surface area contributed by atoms with Gasteiger partial charge in [-0.3, -0.25) is 5.43 Å². The van der Waals surface area contributed by atoms with Gasteiger partial charge in [0.15, 0.2) is 0 Å². The van der Waals surface area contributed by atoms with Crippen LogP contribution >= 0.6 is 11.3 Å². The first-order valence-electron chi connectivity index (χ1n) is 6.15. The molecule has 1 N–H and O–H groups in total. The highest BCUT2D eigenvalue weighted by molar-refractivity contribution is 7.15. The quantitative estimate of drug-likeness (QED) is 0.670. The zero-order valence-corrected chi connectivity index (χ0v) is 12.1. The van der Waals surface area contributed by atoms with E-state index in [1.165, 1.54) is 4.88 Å². The lowest BCUT2D eigenvalue weighted by molar-refractivity contribution is 0.340. The van der Waals surface area contributed by atoms with E-state index in [9.17, 15) is 0 Å². The van der Waals surface area contributed by atoms with E-state index in [1.54, 1.807) is 17.6 Å². The maximum Gasteiger partial charge on any atom is 0.203 e. The Bertz CT molecular complexity index is 558. The molecule has 0 fully saturated rings. The molecule has 2 rings (SSSR count). The number of hydrogen-bond acceptors (Lipinski definition) is 5. The minimum atomic E-state index is 0.642. The molecule has 0 aliphatic rings. The van der Waals surface area contributed by atoms with Gasteiger partial charge in [-0.05, 0) is 32.9 Å². The molecule has 0 saturated carbocycles. The number of thiazole rings is 1. The highest BCUT2D eigenvalue weighted by Crippen LogP contribution is 2.21. The summed E-state index contributed by atoms with van der Waals surface area (Å²) in [7, 11) is 0. The van der Waals surface area contributed by atoms with E-state index in [2.05, 4.69) is 15.5 Å². The summed E-state index contributed by atoms with van der Waals surface area (Å²) in [5.74, 6) is 0.835. The number of rotatable bonds is 5. The molecule has 1 aromatic carbocycles. The smallest absolute Gasteiger partial charge is 0.203 e. The van der Waals surface area contributed by atoms with Gasteiger partial charge in [-0.25, -0.2) is 4.98 Å². The van der Waals surface area contributed by atoms with Crippen LogP contribution in [0.15, 0.2) is 29.4 Å². The summed E-state index contributed by atoms with van der Waals surface area (Å²) in [5, 5.41) is 5.01. The molecule has 0 aliphatic heterocycles. The SMILES string of the molecule is CCOc1ccccc1/C=N\Nc1nc(C)c(C)s1. The van der Waals surface area contributed by atoms with Gasteiger partial charge in [0, 0.05) is 10.4 Å². The summed E-state index contributed by atoms with van der Waals surface area (Å²) in [4.78, 5) is 5.56. The summed E-state index contributed by atoms with van der Waals surface area (Å²) >= 11 is 1.60. The number of ether oxygens (including phenoxy) is 1. The molecule has 4 nitrogen and oxygen atoms in total. The number of nitrogens with one attached hydrogen (secondary N) is 1. The lowest BCUT2D eigenvalue weighted by Gasteiger charge is -2.05. The van der Waals surface area contributed by atoms with Crippen molar-refractivity contribution in [3.05, 3.63) is 40.4 Å².